The number of nitrogens with zero attached hydrogens (tertiary/aromatic N) is 2. The molecule has 1 atom stereocenters. The lowest BCUT2D eigenvalue weighted by Gasteiger charge is -2.36. The number of hydrogen-bond acceptors (Lipinski definition) is 2. The molecule has 0 amide bonds. The third kappa shape index (κ3) is 2.62. The van der Waals surface area contributed by atoms with Gasteiger partial charge in [0.25, 0.3) is 0 Å². The van der Waals surface area contributed by atoms with Crippen molar-refractivity contribution in [2.75, 3.05) is 7.05 Å². The number of rotatable bonds is 5. The second-order valence-corrected chi connectivity index (χ2v) is 6.20. The highest BCUT2D eigenvalue weighted by molar-refractivity contribution is 5.31. The molecule has 1 aliphatic carbocycles. The second-order valence-electron chi connectivity index (χ2n) is 6.20. The van der Waals surface area contributed by atoms with E-state index in [1.165, 1.54) is 37.7 Å². The maximum Gasteiger partial charge on any atom is 0.0645 e. The van der Waals surface area contributed by atoms with Crippen molar-refractivity contribution in [2.45, 2.75) is 45.1 Å². The Morgan fingerprint density at radius 2 is 1.95 bits per heavy atom. The van der Waals surface area contributed by atoms with Crippen LogP contribution in [0.25, 0.3) is 5.69 Å². The SMILES string of the molecule is CCC1(C(NC)c2cnn(-c3ccccc3)c2)CCCC1. The molecule has 2 aromatic rings. The van der Waals surface area contributed by atoms with Crippen LogP contribution in [0.1, 0.15) is 50.6 Å². The van der Waals surface area contributed by atoms with Gasteiger partial charge in [-0.2, -0.15) is 5.10 Å². The van der Waals surface area contributed by atoms with Gasteiger partial charge < -0.3 is 5.32 Å². The molecule has 0 radical (unpaired) electrons. The van der Waals surface area contributed by atoms with Gasteiger partial charge in [-0.15, -0.1) is 0 Å². The summed E-state index contributed by atoms with van der Waals surface area (Å²) in [6.45, 7) is 2.33. The van der Waals surface area contributed by atoms with Gasteiger partial charge in [-0.25, -0.2) is 4.68 Å². The molecule has 3 nitrogen and oxygen atoms in total. The van der Waals surface area contributed by atoms with Crippen molar-refractivity contribution < 1.29 is 0 Å². The molecule has 1 heterocycles. The third-order valence-electron chi connectivity index (χ3n) is 5.16. The maximum atomic E-state index is 4.57. The Bertz CT molecular complexity index is 567. The zero-order valence-electron chi connectivity index (χ0n) is 13.0. The van der Waals surface area contributed by atoms with Gasteiger partial charge in [-0.3, -0.25) is 0 Å². The van der Waals surface area contributed by atoms with E-state index in [9.17, 15) is 0 Å². The van der Waals surface area contributed by atoms with Gasteiger partial charge in [0, 0.05) is 17.8 Å². The van der Waals surface area contributed by atoms with Gasteiger partial charge in [-0.1, -0.05) is 38.0 Å². The largest absolute Gasteiger partial charge is 0.312 e. The van der Waals surface area contributed by atoms with E-state index in [2.05, 4.69) is 54.8 Å². The molecule has 21 heavy (non-hydrogen) atoms. The lowest BCUT2D eigenvalue weighted by Crippen LogP contribution is -2.34. The Kier molecular flexibility index (Phi) is 4.11. The zero-order chi connectivity index (χ0) is 14.7. The summed E-state index contributed by atoms with van der Waals surface area (Å²) in [5, 5.41) is 8.13. The van der Waals surface area contributed by atoms with E-state index in [1.54, 1.807) is 0 Å². The molecule has 0 spiro atoms. The van der Waals surface area contributed by atoms with Crippen LogP contribution in [-0.4, -0.2) is 16.8 Å². The Morgan fingerprint density at radius 1 is 1.24 bits per heavy atom. The van der Waals surface area contributed by atoms with Crippen LogP contribution in [0.15, 0.2) is 42.7 Å². The number of benzene rings is 1. The lowest BCUT2D eigenvalue weighted by atomic mass is 9.74. The van der Waals surface area contributed by atoms with Crippen molar-refractivity contribution in [3.05, 3.63) is 48.3 Å². The molecule has 1 aromatic carbocycles. The summed E-state index contributed by atoms with van der Waals surface area (Å²) in [5.74, 6) is 0. The maximum absolute atomic E-state index is 4.57. The topological polar surface area (TPSA) is 29.9 Å². The van der Waals surface area contributed by atoms with Gasteiger partial charge in [0.15, 0.2) is 0 Å². The monoisotopic (exact) mass is 283 g/mol. The first-order valence-corrected chi connectivity index (χ1v) is 8.06. The van der Waals surface area contributed by atoms with Gasteiger partial charge >= 0.3 is 0 Å². The molecule has 1 fully saturated rings. The molecule has 1 unspecified atom stereocenters. The summed E-state index contributed by atoms with van der Waals surface area (Å²) in [5.41, 5.74) is 2.83. The molecule has 1 aliphatic rings. The minimum Gasteiger partial charge on any atom is -0.312 e. The molecular weight excluding hydrogens is 258 g/mol. The van der Waals surface area contributed by atoms with Crippen LogP contribution in [0.2, 0.25) is 0 Å². The Hall–Kier alpha value is -1.61. The summed E-state index contributed by atoms with van der Waals surface area (Å²) >= 11 is 0. The molecule has 1 saturated carbocycles. The fraction of sp³-hybridized carbons (Fsp3) is 0.500. The van der Waals surface area contributed by atoms with Crippen molar-refractivity contribution in [1.82, 2.24) is 15.1 Å². The van der Waals surface area contributed by atoms with Crippen LogP contribution in [0.3, 0.4) is 0 Å². The van der Waals surface area contributed by atoms with E-state index >= 15 is 0 Å². The van der Waals surface area contributed by atoms with Gasteiger partial charge in [0.1, 0.15) is 0 Å². The standard InChI is InChI=1S/C18H25N3/c1-3-18(11-7-8-12-18)17(19-2)15-13-20-21(14-15)16-9-5-4-6-10-16/h4-6,9-10,13-14,17,19H,3,7-8,11-12H2,1-2H3. The second kappa shape index (κ2) is 6.02. The van der Waals surface area contributed by atoms with E-state index < -0.39 is 0 Å². The first kappa shape index (κ1) is 14.3. The minimum absolute atomic E-state index is 0.402. The molecule has 0 bridgehead atoms. The van der Waals surface area contributed by atoms with Gasteiger partial charge in [-0.05, 0) is 43.9 Å². The predicted molar refractivity (Wildman–Crippen MR) is 86.6 cm³/mol. The first-order valence-electron chi connectivity index (χ1n) is 8.06. The van der Waals surface area contributed by atoms with Crippen molar-refractivity contribution in [1.29, 1.82) is 0 Å². The van der Waals surface area contributed by atoms with E-state index in [4.69, 9.17) is 0 Å². The van der Waals surface area contributed by atoms with Crippen molar-refractivity contribution in [3.8, 4) is 5.69 Å². The van der Waals surface area contributed by atoms with Crippen molar-refractivity contribution in [2.24, 2.45) is 5.41 Å². The number of para-hydroxylation sites is 1. The molecule has 1 aromatic heterocycles. The van der Waals surface area contributed by atoms with Crippen molar-refractivity contribution in [3.63, 3.8) is 0 Å². The molecule has 1 N–H and O–H groups in total. The third-order valence-corrected chi connectivity index (χ3v) is 5.16. The average Bonchev–Trinajstić information content (AvgIpc) is 3.19. The number of aromatic nitrogens is 2. The Morgan fingerprint density at radius 3 is 2.57 bits per heavy atom. The fourth-order valence-electron chi connectivity index (χ4n) is 3.96. The normalized spacial score (nSPS) is 18.8. The smallest absolute Gasteiger partial charge is 0.0645 e. The Balaban J connectivity index is 1.90. The zero-order valence-corrected chi connectivity index (χ0v) is 13.0. The number of hydrogen-bond donors (Lipinski definition) is 1. The van der Waals surface area contributed by atoms with E-state index in [0.29, 0.717) is 11.5 Å². The number of nitrogens with one attached hydrogen (secondary N) is 1. The van der Waals surface area contributed by atoms with E-state index in [0.717, 1.165) is 5.69 Å². The van der Waals surface area contributed by atoms with E-state index in [1.807, 2.05) is 16.9 Å². The quantitative estimate of drug-likeness (QED) is 0.895. The van der Waals surface area contributed by atoms with E-state index in [-0.39, 0.29) is 0 Å². The summed E-state index contributed by atoms with van der Waals surface area (Å²) in [7, 11) is 2.08. The molecule has 3 heteroatoms. The van der Waals surface area contributed by atoms with Crippen molar-refractivity contribution >= 4 is 0 Å². The van der Waals surface area contributed by atoms with Gasteiger partial charge in [0.05, 0.1) is 11.9 Å². The molecule has 0 saturated heterocycles. The predicted octanol–water partition coefficient (Wildman–Crippen LogP) is 4.10. The summed E-state index contributed by atoms with van der Waals surface area (Å²) in [4.78, 5) is 0. The van der Waals surface area contributed by atoms with Crippen LogP contribution in [0, 0.1) is 5.41 Å². The van der Waals surface area contributed by atoms with Crippen LogP contribution in [0.5, 0.6) is 0 Å². The lowest BCUT2D eigenvalue weighted by molar-refractivity contribution is 0.195. The van der Waals surface area contributed by atoms with Crippen LogP contribution < -0.4 is 5.32 Å². The minimum atomic E-state index is 0.402. The van der Waals surface area contributed by atoms with Crippen LogP contribution >= 0.6 is 0 Å². The molecular formula is C18H25N3. The molecule has 112 valence electrons. The van der Waals surface area contributed by atoms with Crippen LogP contribution in [0.4, 0.5) is 0 Å². The highest BCUT2D eigenvalue weighted by Crippen LogP contribution is 2.49. The highest BCUT2D eigenvalue weighted by atomic mass is 15.3. The molecule has 0 aliphatic heterocycles. The summed E-state index contributed by atoms with van der Waals surface area (Å²) < 4.78 is 1.98. The fourth-order valence-corrected chi connectivity index (χ4v) is 3.96. The van der Waals surface area contributed by atoms with Crippen LogP contribution in [-0.2, 0) is 0 Å². The summed E-state index contributed by atoms with van der Waals surface area (Å²) in [6, 6.07) is 10.7. The Labute approximate surface area is 127 Å². The first-order chi connectivity index (χ1) is 10.3. The summed E-state index contributed by atoms with van der Waals surface area (Å²) in [6.07, 6.45) is 10.8. The highest BCUT2D eigenvalue weighted by Gasteiger charge is 2.40. The van der Waals surface area contributed by atoms with Gasteiger partial charge in [0.2, 0.25) is 0 Å². The molecule has 3 rings (SSSR count). The average molecular weight is 283 g/mol.